The lowest BCUT2D eigenvalue weighted by Crippen LogP contribution is -2.41. The van der Waals surface area contributed by atoms with Crippen LogP contribution in [0.4, 0.5) is 11.5 Å². The van der Waals surface area contributed by atoms with E-state index in [0.717, 1.165) is 30.4 Å². The minimum absolute atomic E-state index is 0.0180. The van der Waals surface area contributed by atoms with Gasteiger partial charge in [-0.3, -0.25) is 19.1 Å². The van der Waals surface area contributed by atoms with Crippen molar-refractivity contribution in [3.63, 3.8) is 0 Å². The fourth-order valence-electron chi connectivity index (χ4n) is 3.68. The van der Waals surface area contributed by atoms with Gasteiger partial charge in [-0.25, -0.2) is 9.78 Å². The summed E-state index contributed by atoms with van der Waals surface area (Å²) in [5.74, 6) is 0.814. The maximum Gasteiger partial charge on any atom is 0.330 e. The van der Waals surface area contributed by atoms with Crippen molar-refractivity contribution in [2.75, 3.05) is 17.2 Å². The smallest absolute Gasteiger partial charge is 0.330 e. The molecule has 2 heterocycles. The monoisotopic (exact) mass is 467 g/mol. The summed E-state index contributed by atoms with van der Waals surface area (Å²) in [6, 6.07) is 7.91. The number of aromatic nitrogens is 3. The number of aromatic amines is 1. The Balaban J connectivity index is 1.81. The van der Waals surface area contributed by atoms with Crippen LogP contribution >= 0.6 is 0 Å². The highest BCUT2D eigenvalue weighted by molar-refractivity contribution is 5.95. The number of benzene rings is 1. The number of oxazole rings is 1. The lowest BCUT2D eigenvalue weighted by atomic mass is 10.1. The lowest BCUT2D eigenvalue weighted by molar-refractivity contribution is -0.118. The van der Waals surface area contributed by atoms with Crippen molar-refractivity contribution in [1.29, 1.82) is 0 Å². The van der Waals surface area contributed by atoms with E-state index in [0.29, 0.717) is 31.2 Å². The van der Waals surface area contributed by atoms with Gasteiger partial charge in [0.2, 0.25) is 5.91 Å². The van der Waals surface area contributed by atoms with Crippen molar-refractivity contribution in [3.8, 4) is 11.3 Å². The number of unbranched alkanes of at least 4 members (excludes halogenated alkanes) is 2. The number of nitrogen functional groups attached to an aromatic ring is 1. The van der Waals surface area contributed by atoms with Crippen molar-refractivity contribution in [3.05, 3.63) is 62.8 Å². The standard InChI is InChI=1S/C25H33N5O4/c1-4-6-14-29(22-23(26)30(15-7-5-2)25(33)28-24(22)32)21(31)13-12-20-27-16-19(34-20)18-10-8-17(3)9-11-18/h8-11,16H,4-7,12-15,26H2,1-3H3,(H,28,32,33). The van der Waals surface area contributed by atoms with E-state index in [1.807, 2.05) is 45.0 Å². The summed E-state index contributed by atoms with van der Waals surface area (Å²) in [7, 11) is 0. The second-order valence-corrected chi connectivity index (χ2v) is 8.38. The molecule has 9 heteroatoms. The molecule has 1 amide bonds. The number of anilines is 2. The Kier molecular flexibility index (Phi) is 8.45. The van der Waals surface area contributed by atoms with E-state index < -0.39 is 11.2 Å². The molecular formula is C25H33N5O4. The molecule has 34 heavy (non-hydrogen) atoms. The van der Waals surface area contributed by atoms with Gasteiger partial charge in [0.25, 0.3) is 5.56 Å². The summed E-state index contributed by atoms with van der Waals surface area (Å²) in [6.45, 7) is 6.71. The summed E-state index contributed by atoms with van der Waals surface area (Å²) >= 11 is 0. The maximum absolute atomic E-state index is 13.2. The average molecular weight is 468 g/mol. The number of hydrogen-bond acceptors (Lipinski definition) is 6. The molecule has 9 nitrogen and oxygen atoms in total. The summed E-state index contributed by atoms with van der Waals surface area (Å²) in [4.78, 5) is 46.2. The SMILES string of the molecule is CCCCN(C(=O)CCc1ncc(-c2ccc(C)cc2)o1)c1c(N)n(CCCC)c(=O)[nH]c1=O. The van der Waals surface area contributed by atoms with Gasteiger partial charge in [0.15, 0.2) is 17.3 Å². The summed E-state index contributed by atoms with van der Waals surface area (Å²) in [5, 5.41) is 0. The number of rotatable bonds is 11. The van der Waals surface area contributed by atoms with Gasteiger partial charge >= 0.3 is 5.69 Å². The first-order chi connectivity index (χ1) is 16.3. The Bertz CT molecular complexity index is 1220. The van der Waals surface area contributed by atoms with Gasteiger partial charge in [0.1, 0.15) is 5.82 Å². The van der Waals surface area contributed by atoms with Crippen LogP contribution in [0, 0.1) is 6.92 Å². The summed E-state index contributed by atoms with van der Waals surface area (Å²) < 4.78 is 7.16. The van der Waals surface area contributed by atoms with Crippen LogP contribution in [0.3, 0.4) is 0 Å². The third-order valence-corrected chi connectivity index (χ3v) is 5.70. The number of H-pyrrole nitrogens is 1. The van der Waals surface area contributed by atoms with Crippen molar-refractivity contribution in [2.24, 2.45) is 0 Å². The average Bonchev–Trinajstić information content (AvgIpc) is 3.29. The molecule has 0 radical (unpaired) electrons. The molecule has 0 aliphatic heterocycles. The molecule has 0 bridgehead atoms. The zero-order chi connectivity index (χ0) is 24.7. The highest BCUT2D eigenvalue weighted by Gasteiger charge is 2.24. The molecule has 1 aromatic carbocycles. The number of amides is 1. The normalized spacial score (nSPS) is 11.0. The highest BCUT2D eigenvalue weighted by atomic mass is 16.4. The van der Waals surface area contributed by atoms with E-state index in [2.05, 4.69) is 9.97 Å². The number of hydrogen-bond donors (Lipinski definition) is 2. The molecule has 0 fully saturated rings. The molecule has 182 valence electrons. The Morgan fingerprint density at radius 2 is 1.85 bits per heavy atom. The number of aryl methyl sites for hydroxylation is 2. The topological polar surface area (TPSA) is 127 Å². The van der Waals surface area contributed by atoms with Crippen LogP contribution in [0.2, 0.25) is 0 Å². The predicted octanol–water partition coefficient (Wildman–Crippen LogP) is 3.65. The van der Waals surface area contributed by atoms with Gasteiger partial charge in [0.05, 0.1) is 6.20 Å². The minimum atomic E-state index is -0.655. The fourth-order valence-corrected chi connectivity index (χ4v) is 3.68. The van der Waals surface area contributed by atoms with E-state index in [1.54, 1.807) is 6.20 Å². The Labute approximate surface area is 198 Å². The van der Waals surface area contributed by atoms with Crippen LogP contribution in [0.5, 0.6) is 0 Å². The second-order valence-electron chi connectivity index (χ2n) is 8.38. The molecule has 3 N–H and O–H groups in total. The van der Waals surface area contributed by atoms with Crippen molar-refractivity contribution in [2.45, 2.75) is 65.8 Å². The molecule has 0 spiro atoms. The summed E-state index contributed by atoms with van der Waals surface area (Å²) in [6.07, 6.45) is 5.12. The molecule has 3 aromatic rings. The predicted molar refractivity (Wildman–Crippen MR) is 133 cm³/mol. The minimum Gasteiger partial charge on any atom is -0.441 e. The number of carbonyl (C=O) groups excluding carboxylic acids is 1. The number of nitrogens with two attached hydrogens (primary N) is 1. The van der Waals surface area contributed by atoms with Crippen molar-refractivity contribution in [1.82, 2.24) is 14.5 Å². The van der Waals surface area contributed by atoms with E-state index >= 15 is 0 Å². The van der Waals surface area contributed by atoms with Gasteiger partial charge < -0.3 is 15.1 Å². The third kappa shape index (κ3) is 5.84. The highest BCUT2D eigenvalue weighted by Crippen LogP contribution is 2.23. The van der Waals surface area contributed by atoms with E-state index in [1.165, 1.54) is 9.47 Å². The first-order valence-electron chi connectivity index (χ1n) is 11.8. The molecule has 0 aliphatic rings. The maximum atomic E-state index is 13.2. The molecule has 0 saturated heterocycles. The number of nitrogens with zero attached hydrogens (tertiary/aromatic N) is 3. The van der Waals surface area contributed by atoms with Crippen LogP contribution < -0.4 is 21.9 Å². The van der Waals surface area contributed by atoms with E-state index in [4.69, 9.17) is 10.2 Å². The first kappa shape index (κ1) is 25.0. The zero-order valence-electron chi connectivity index (χ0n) is 20.1. The summed E-state index contributed by atoms with van der Waals surface area (Å²) in [5.41, 5.74) is 7.11. The first-order valence-corrected chi connectivity index (χ1v) is 11.8. The van der Waals surface area contributed by atoms with E-state index in [-0.39, 0.29) is 30.3 Å². The fraction of sp³-hybridized carbons (Fsp3) is 0.440. The molecule has 2 aromatic heterocycles. The Morgan fingerprint density at radius 3 is 2.53 bits per heavy atom. The van der Waals surface area contributed by atoms with Gasteiger partial charge in [-0.1, -0.05) is 56.5 Å². The van der Waals surface area contributed by atoms with Gasteiger partial charge in [0, 0.05) is 31.5 Å². The van der Waals surface area contributed by atoms with Crippen LogP contribution in [0.25, 0.3) is 11.3 Å². The molecule has 0 unspecified atom stereocenters. The quantitative estimate of drug-likeness (QED) is 0.443. The van der Waals surface area contributed by atoms with Crippen molar-refractivity contribution < 1.29 is 9.21 Å². The van der Waals surface area contributed by atoms with Crippen LogP contribution in [-0.2, 0) is 17.8 Å². The van der Waals surface area contributed by atoms with Crippen LogP contribution in [-0.4, -0.2) is 27.0 Å². The lowest BCUT2D eigenvalue weighted by Gasteiger charge is -2.24. The van der Waals surface area contributed by atoms with E-state index in [9.17, 15) is 14.4 Å². The molecule has 3 rings (SSSR count). The van der Waals surface area contributed by atoms with Crippen molar-refractivity contribution >= 4 is 17.4 Å². The second kappa shape index (κ2) is 11.5. The molecule has 0 atom stereocenters. The molecule has 0 aliphatic carbocycles. The van der Waals surface area contributed by atoms with Gasteiger partial charge in [-0.15, -0.1) is 0 Å². The van der Waals surface area contributed by atoms with Crippen LogP contribution in [0.15, 0.2) is 44.5 Å². The van der Waals surface area contributed by atoms with Gasteiger partial charge in [-0.05, 0) is 19.8 Å². The molecule has 0 saturated carbocycles. The molecular weight excluding hydrogens is 434 g/mol. The number of carbonyl (C=O) groups is 1. The number of nitrogens with one attached hydrogen (secondary N) is 1. The van der Waals surface area contributed by atoms with Gasteiger partial charge in [-0.2, -0.15) is 0 Å². The van der Waals surface area contributed by atoms with Crippen LogP contribution in [0.1, 0.15) is 57.4 Å². The largest absolute Gasteiger partial charge is 0.441 e. The Morgan fingerprint density at radius 1 is 1.15 bits per heavy atom. The Hall–Kier alpha value is -3.62. The zero-order valence-corrected chi connectivity index (χ0v) is 20.1. The third-order valence-electron chi connectivity index (χ3n) is 5.70.